The van der Waals surface area contributed by atoms with Crippen LogP contribution in [0.5, 0.6) is 0 Å². The Kier molecular flexibility index (Phi) is 6.05. The number of hydrazine groups is 1. The first kappa shape index (κ1) is 14.6. The highest BCUT2D eigenvalue weighted by atomic mass is 35.5. The first-order valence-electron chi connectivity index (χ1n) is 5.39. The summed E-state index contributed by atoms with van der Waals surface area (Å²) >= 11 is 7.95. The molecule has 0 amide bonds. The van der Waals surface area contributed by atoms with Crippen LogP contribution in [0.3, 0.4) is 0 Å². The Morgan fingerprint density at radius 2 is 2.29 bits per heavy atom. The van der Waals surface area contributed by atoms with E-state index in [0.29, 0.717) is 16.9 Å². The van der Waals surface area contributed by atoms with Gasteiger partial charge in [-0.2, -0.15) is 11.8 Å². The van der Waals surface area contributed by atoms with E-state index in [1.165, 1.54) is 0 Å². The standard InChI is InChI=1S/C11H19ClN4S/c1-8(7-17-3)16(2)6-10-9(12)4-5-11(14-10)15-13/h4-5,8H,6-7,13H2,1-3H3,(H,14,15). The summed E-state index contributed by atoms with van der Waals surface area (Å²) in [5.74, 6) is 7.06. The van der Waals surface area contributed by atoms with Gasteiger partial charge in [-0.1, -0.05) is 11.6 Å². The molecule has 1 heterocycles. The van der Waals surface area contributed by atoms with Crippen molar-refractivity contribution >= 4 is 29.2 Å². The summed E-state index contributed by atoms with van der Waals surface area (Å²) < 4.78 is 0. The van der Waals surface area contributed by atoms with Crippen molar-refractivity contribution in [2.24, 2.45) is 5.84 Å². The van der Waals surface area contributed by atoms with Crippen LogP contribution in [0.2, 0.25) is 5.02 Å². The smallest absolute Gasteiger partial charge is 0.140 e. The quantitative estimate of drug-likeness (QED) is 0.615. The number of nitrogens with zero attached hydrogens (tertiary/aromatic N) is 2. The van der Waals surface area contributed by atoms with E-state index in [-0.39, 0.29) is 0 Å². The van der Waals surface area contributed by atoms with Crippen LogP contribution in [0.1, 0.15) is 12.6 Å². The van der Waals surface area contributed by atoms with Gasteiger partial charge in [0, 0.05) is 18.3 Å². The van der Waals surface area contributed by atoms with Gasteiger partial charge in [0.15, 0.2) is 0 Å². The highest BCUT2D eigenvalue weighted by Crippen LogP contribution is 2.18. The van der Waals surface area contributed by atoms with Crippen LogP contribution in [0.25, 0.3) is 0 Å². The number of hydrogen-bond acceptors (Lipinski definition) is 5. The first-order valence-corrected chi connectivity index (χ1v) is 7.17. The Labute approximate surface area is 112 Å². The number of hydrogen-bond donors (Lipinski definition) is 2. The maximum Gasteiger partial charge on any atom is 0.140 e. The van der Waals surface area contributed by atoms with Gasteiger partial charge in [-0.15, -0.1) is 0 Å². The fourth-order valence-corrected chi connectivity index (χ4v) is 2.34. The number of nitrogens with two attached hydrogens (primary N) is 1. The molecule has 1 atom stereocenters. The van der Waals surface area contributed by atoms with Gasteiger partial charge in [-0.05, 0) is 32.4 Å². The van der Waals surface area contributed by atoms with Crippen molar-refractivity contribution in [2.75, 3.05) is 24.5 Å². The summed E-state index contributed by atoms with van der Waals surface area (Å²) in [6, 6.07) is 4.06. The summed E-state index contributed by atoms with van der Waals surface area (Å²) in [5.41, 5.74) is 3.37. The summed E-state index contributed by atoms with van der Waals surface area (Å²) in [6.45, 7) is 2.91. The zero-order valence-corrected chi connectivity index (χ0v) is 12.0. The SMILES string of the molecule is CSCC(C)N(C)Cc1nc(NN)ccc1Cl. The summed E-state index contributed by atoms with van der Waals surface area (Å²) in [5, 5.41) is 0.673. The van der Waals surface area contributed by atoms with Crippen LogP contribution >= 0.6 is 23.4 Å². The zero-order valence-electron chi connectivity index (χ0n) is 10.4. The van der Waals surface area contributed by atoms with Crippen molar-refractivity contribution in [3.05, 3.63) is 22.8 Å². The minimum Gasteiger partial charge on any atom is -0.308 e. The third-order valence-corrected chi connectivity index (χ3v) is 3.79. The van der Waals surface area contributed by atoms with Crippen LogP contribution in [-0.4, -0.2) is 35.0 Å². The average molecular weight is 275 g/mol. The van der Waals surface area contributed by atoms with Crippen molar-refractivity contribution in [1.29, 1.82) is 0 Å². The second kappa shape index (κ2) is 7.06. The summed E-state index contributed by atoms with van der Waals surface area (Å²) in [6.07, 6.45) is 2.11. The van der Waals surface area contributed by atoms with E-state index in [1.54, 1.807) is 6.07 Å². The Balaban J connectivity index is 2.73. The van der Waals surface area contributed by atoms with E-state index in [2.05, 4.69) is 35.5 Å². The third kappa shape index (κ3) is 4.35. The lowest BCUT2D eigenvalue weighted by molar-refractivity contribution is 0.267. The van der Waals surface area contributed by atoms with E-state index < -0.39 is 0 Å². The van der Waals surface area contributed by atoms with Crippen LogP contribution in [0.4, 0.5) is 5.82 Å². The van der Waals surface area contributed by atoms with Gasteiger partial charge in [0.1, 0.15) is 5.82 Å². The molecule has 0 aliphatic heterocycles. The Morgan fingerprint density at radius 1 is 1.59 bits per heavy atom. The monoisotopic (exact) mass is 274 g/mol. The van der Waals surface area contributed by atoms with Gasteiger partial charge in [0.2, 0.25) is 0 Å². The Bertz CT molecular complexity index is 361. The molecule has 1 rings (SSSR count). The minimum atomic E-state index is 0.484. The second-order valence-corrected chi connectivity index (χ2v) is 5.31. The topological polar surface area (TPSA) is 54.2 Å². The molecule has 0 spiro atoms. The van der Waals surface area contributed by atoms with E-state index in [4.69, 9.17) is 17.4 Å². The van der Waals surface area contributed by atoms with Gasteiger partial charge in [-0.3, -0.25) is 4.90 Å². The Morgan fingerprint density at radius 3 is 2.88 bits per heavy atom. The number of rotatable bonds is 6. The van der Waals surface area contributed by atoms with Crippen molar-refractivity contribution in [2.45, 2.75) is 19.5 Å². The molecule has 0 saturated heterocycles. The van der Waals surface area contributed by atoms with Gasteiger partial charge in [-0.25, -0.2) is 10.8 Å². The second-order valence-electron chi connectivity index (χ2n) is 3.99. The van der Waals surface area contributed by atoms with E-state index >= 15 is 0 Å². The molecule has 0 radical (unpaired) electrons. The van der Waals surface area contributed by atoms with Crippen LogP contribution < -0.4 is 11.3 Å². The maximum atomic E-state index is 6.12. The maximum absolute atomic E-state index is 6.12. The normalized spacial score (nSPS) is 12.8. The molecule has 0 saturated carbocycles. The zero-order chi connectivity index (χ0) is 12.8. The van der Waals surface area contributed by atoms with Crippen LogP contribution in [0.15, 0.2) is 12.1 Å². The highest BCUT2D eigenvalue weighted by molar-refractivity contribution is 7.98. The van der Waals surface area contributed by atoms with Crippen molar-refractivity contribution in [1.82, 2.24) is 9.88 Å². The van der Waals surface area contributed by atoms with Gasteiger partial charge in [0.05, 0.1) is 10.7 Å². The number of aromatic nitrogens is 1. The molecule has 0 aromatic carbocycles. The lowest BCUT2D eigenvalue weighted by Crippen LogP contribution is -2.31. The molecule has 0 aliphatic carbocycles. The lowest BCUT2D eigenvalue weighted by atomic mass is 10.3. The van der Waals surface area contributed by atoms with E-state index in [9.17, 15) is 0 Å². The number of thioether (sulfide) groups is 1. The molecule has 0 fully saturated rings. The Hall–Kier alpha value is -0.490. The van der Waals surface area contributed by atoms with Gasteiger partial charge in [0.25, 0.3) is 0 Å². The fourth-order valence-electron chi connectivity index (χ4n) is 1.44. The molecule has 17 heavy (non-hydrogen) atoms. The predicted octanol–water partition coefficient (Wildman–Crippen LogP) is 2.20. The molecule has 0 bridgehead atoms. The largest absolute Gasteiger partial charge is 0.308 e. The molecule has 96 valence electrons. The van der Waals surface area contributed by atoms with Gasteiger partial charge < -0.3 is 5.43 Å². The molecular formula is C11H19ClN4S. The average Bonchev–Trinajstić information content (AvgIpc) is 2.32. The van der Waals surface area contributed by atoms with Crippen molar-refractivity contribution in [3.63, 3.8) is 0 Å². The lowest BCUT2D eigenvalue weighted by Gasteiger charge is -2.24. The van der Waals surface area contributed by atoms with Crippen molar-refractivity contribution < 1.29 is 0 Å². The predicted molar refractivity (Wildman–Crippen MR) is 76.4 cm³/mol. The summed E-state index contributed by atoms with van der Waals surface area (Å²) in [4.78, 5) is 6.58. The number of anilines is 1. The van der Waals surface area contributed by atoms with Crippen LogP contribution in [0, 0.1) is 0 Å². The molecule has 4 nitrogen and oxygen atoms in total. The van der Waals surface area contributed by atoms with Gasteiger partial charge >= 0.3 is 0 Å². The number of nitrogen functional groups attached to an aromatic ring is 1. The molecule has 6 heteroatoms. The summed E-state index contributed by atoms with van der Waals surface area (Å²) in [7, 11) is 2.07. The molecule has 1 unspecified atom stereocenters. The molecule has 0 aliphatic rings. The molecule has 3 N–H and O–H groups in total. The third-order valence-electron chi connectivity index (χ3n) is 2.63. The molecule has 1 aromatic rings. The van der Waals surface area contributed by atoms with Crippen LogP contribution in [-0.2, 0) is 6.54 Å². The molecule has 1 aromatic heterocycles. The van der Waals surface area contributed by atoms with Crippen molar-refractivity contribution in [3.8, 4) is 0 Å². The highest BCUT2D eigenvalue weighted by Gasteiger charge is 2.12. The minimum absolute atomic E-state index is 0.484. The number of halogens is 1. The van der Waals surface area contributed by atoms with E-state index in [0.717, 1.165) is 18.0 Å². The fraction of sp³-hybridized carbons (Fsp3) is 0.545. The number of pyridine rings is 1. The number of nitrogens with one attached hydrogen (secondary N) is 1. The van der Waals surface area contributed by atoms with E-state index in [1.807, 2.05) is 17.8 Å². The molecular weight excluding hydrogens is 256 g/mol. The first-order chi connectivity index (χ1) is 8.08.